The van der Waals surface area contributed by atoms with Gasteiger partial charge in [0, 0.05) is 41.6 Å². The zero-order chi connectivity index (χ0) is 30.8. The van der Waals surface area contributed by atoms with Crippen molar-refractivity contribution in [3.8, 4) is 11.3 Å². The minimum Gasteiger partial charge on any atom is -0.389 e. The average Bonchev–Trinajstić information content (AvgIpc) is 3.42. The molecule has 43 heavy (non-hydrogen) atoms. The number of amides is 1. The molecular formula is C33H40FN7O2. The van der Waals surface area contributed by atoms with E-state index in [4.69, 9.17) is 4.98 Å². The first kappa shape index (κ1) is 29.2. The van der Waals surface area contributed by atoms with Crippen LogP contribution in [0.3, 0.4) is 0 Å². The molecule has 3 aromatic heterocycles. The van der Waals surface area contributed by atoms with Crippen LogP contribution in [0.15, 0.2) is 42.9 Å². The molecule has 1 aliphatic heterocycles. The molecule has 3 N–H and O–H groups in total. The number of benzene rings is 1. The monoisotopic (exact) mass is 585 g/mol. The lowest BCUT2D eigenvalue weighted by molar-refractivity contribution is -0.123. The van der Waals surface area contributed by atoms with Gasteiger partial charge >= 0.3 is 0 Å². The number of aryl methyl sites for hydroxylation is 1. The van der Waals surface area contributed by atoms with Gasteiger partial charge in [0.05, 0.1) is 40.4 Å². The molecule has 1 fully saturated rings. The Morgan fingerprint density at radius 1 is 1.16 bits per heavy atom. The number of carbonyl (C=O) groups excluding carboxylic acids is 1. The topological polar surface area (TPSA) is 108 Å². The summed E-state index contributed by atoms with van der Waals surface area (Å²) in [5, 5.41) is 16.7. The van der Waals surface area contributed by atoms with Gasteiger partial charge in [0.25, 0.3) is 0 Å². The molecule has 226 valence electrons. The summed E-state index contributed by atoms with van der Waals surface area (Å²) in [5.74, 6) is 0.124. The molecule has 1 aromatic carbocycles. The molecule has 2 aliphatic rings. The Hall–Kier alpha value is -3.89. The fraction of sp³-hybridized carbons (Fsp3) is 0.455. The van der Waals surface area contributed by atoms with Crippen LogP contribution in [-0.4, -0.2) is 54.8 Å². The van der Waals surface area contributed by atoms with E-state index in [0.29, 0.717) is 29.4 Å². The normalized spacial score (nSPS) is 19.7. The molecule has 1 saturated carbocycles. The molecule has 0 unspecified atom stereocenters. The van der Waals surface area contributed by atoms with Crippen molar-refractivity contribution in [3.05, 3.63) is 59.9 Å². The summed E-state index contributed by atoms with van der Waals surface area (Å²) in [6.45, 7) is 14.0. The van der Waals surface area contributed by atoms with Crippen LogP contribution in [0.5, 0.6) is 0 Å². The average molecular weight is 586 g/mol. The molecule has 6 rings (SSSR count). The van der Waals surface area contributed by atoms with Gasteiger partial charge in [-0.05, 0) is 85.1 Å². The summed E-state index contributed by atoms with van der Waals surface area (Å²) in [6.07, 6.45) is 4.63. The molecule has 4 heterocycles. The van der Waals surface area contributed by atoms with Crippen LogP contribution in [-0.2, 0) is 10.2 Å². The van der Waals surface area contributed by atoms with Gasteiger partial charge in [-0.15, -0.1) is 0 Å². The SMILES string of the molecule is Cc1cc(Nc2nc(-c3ccc4c(c3)N([C@H]3C[C@@H](NCC(C)(C)O)C3)C(=O)C4(C)C)cc3ncn(C(C)C)c23)c(F)cn1. The number of nitrogens with zero attached hydrogens (tertiary/aromatic N) is 5. The van der Waals surface area contributed by atoms with Gasteiger partial charge in [0.15, 0.2) is 11.6 Å². The summed E-state index contributed by atoms with van der Waals surface area (Å²) in [5.41, 5.74) is 4.49. The van der Waals surface area contributed by atoms with Crippen LogP contribution in [0.4, 0.5) is 21.6 Å². The number of hydrogen-bond donors (Lipinski definition) is 3. The quantitative estimate of drug-likeness (QED) is 0.241. The van der Waals surface area contributed by atoms with Gasteiger partial charge in [-0.3, -0.25) is 9.78 Å². The third-order valence-electron chi connectivity index (χ3n) is 8.64. The molecule has 10 heteroatoms. The molecule has 0 bridgehead atoms. The van der Waals surface area contributed by atoms with Gasteiger partial charge in [-0.1, -0.05) is 12.1 Å². The van der Waals surface area contributed by atoms with Crippen molar-refractivity contribution in [2.75, 3.05) is 16.8 Å². The lowest BCUT2D eigenvalue weighted by atomic mass is 9.84. The number of hydrogen-bond acceptors (Lipinski definition) is 7. The van der Waals surface area contributed by atoms with E-state index in [9.17, 15) is 14.3 Å². The molecule has 9 nitrogen and oxygen atoms in total. The molecular weight excluding hydrogens is 545 g/mol. The number of rotatable bonds is 8. The number of carbonyl (C=O) groups is 1. The lowest BCUT2D eigenvalue weighted by Gasteiger charge is -2.43. The highest BCUT2D eigenvalue weighted by atomic mass is 19.1. The fourth-order valence-electron chi connectivity index (χ4n) is 6.12. The Labute approximate surface area is 251 Å². The van der Waals surface area contributed by atoms with Crippen molar-refractivity contribution < 1.29 is 14.3 Å². The number of pyridine rings is 2. The maximum absolute atomic E-state index is 14.8. The maximum Gasteiger partial charge on any atom is 0.237 e. The van der Waals surface area contributed by atoms with Crippen molar-refractivity contribution in [3.63, 3.8) is 0 Å². The number of fused-ring (bicyclic) bond motifs is 2. The number of anilines is 3. The van der Waals surface area contributed by atoms with E-state index in [1.54, 1.807) is 26.2 Å². The lowest BCUT2D eigenvalue weighted by Crippen LogP contribution is -2.56. The largest absolute Gasteiger partial charge is 0.389 e. The molecule has 4 aromatic rings. The van der Waals surface area contributed by atoms with Crippen molar-refractivity contribution >= 4 is 34.1 Å². The Kier molecular flexibility index (Phi) is 7.05. The number of halogens is 1. The van der Waals surface area contributed by atoms with E-state index in [1.165, 1.54) is 6.20 Å². The molecule has 0 atom stereocenters. The van der Waals surface area contributed by atoms with Gasteiger partial charge in [-0.25, -0.2) is 14.4 Å². The predicted octanol–water partition coefficient (Wildman–Crippen LogP) is 5.78. The van der Waals surface area contributed by atoms with Crippen molar-refractivity contribution in [2.45, 2.75) is 90.4 Å². The molecule has 1 amide bonds. The second-order valence-electron chi connectivity index (χ2n) is 13.4. The van der Waals surface area contributed by atoms with Crippen LogP contribution >= 0.6 is 0 Å². The van der Waals surface area contributed by atoms with Crippen LogP contribution in [0, 0.1) is 12.7 Å². The number of aliphatic hydroxyl groups is 1. The fourth-order valence-corrected chi connectivity index (χ4v) is 6.12. The van der Waals surface area contributed by atoms with Gasteiger partial charge in [0.2, 0.25) is 5.91 Å². The van der Waals surface area contributed by atoms with Gasteiger partial charge in [-0.2, -0.15) is 0 Å². The summed E-state index contributed by atoms with van der Waals surface area (Å²) in [7, 11) is 0. The third kappa shape index (κ3) is 5.27. The van der Waals surface area contributed by atoms with E-state index < -0.39 is 16.8 Å². The van der Waals surface area contributed by atoms with E-state index in [-0.39, 0.29) is 24.0 Å². The molecule has 0 radical (unpaired) electrons. The predicted molar refractivity (Wildman–Crippen MR) is 167 cm³/mol. The van der Waals surface area contributed by atoms with E-state index >= 15 is 0 Å². The Bertz CT molecular complexity index is 1720. The highest BCUT2D eigenvalue weighted by Gasteiger charge is 2.49. The van der Waals surface area contributed by atoms with Gasteiger partial charge < -0.3 is 25.2 Å². The van der Waals surface area contributed by atoms with Crippen molar-refractivity contribution in [1.29, 1.82) is 0 Å². The van der Waals surface area contributed by atoms with Crippen LogP contribution in [0.2, 0.25) is 0 Å². The highest BCUT2D eigenvalue weighted by Crippen LogP contribution is 2.47. The minimum atomic E-state index is -0.785. The van der Waals surface area contributed by atoms with Crippen LogP contribution < -0.4 is 15.5 Å². The third-order valence-corrected chi connectivity index (χ3v) is 8.64. The second kappa shape index (κ2) is 10.4. The summed E-state index contributed by atoms with van der Waals surface area (Å²) in [4.78, 5) is 29.4. The van der Waals surface area contributed by atoms with E-state index in [0.717, 1.165) is 40.7 Å². The first-order valence-corrected chi connectivity index (χ1v) is 14.9. The second-order valence-corrected chi connectivity index (χ2v) is 13.4. The molecule has 1 aliphatic carbocycles. The number of aromatic nitrogens is 4. The van der Waals surface area contributed by atoms with E-state index in [2.05, 4.69) is 34.4 Å². The number of imidazole rings is 1. The van der Waals surface area contributed by atoms with Crippen LogP contribution in [0.1, 0.15) is 71.7 Å². The van der Waals surface area contributed by atoms with Crippen molar-refractivity contribution in [2.24, 2.45) is 0 Å². The van der Waals surface area contributed by atoms with E-state index in [1.807, 2.05) is 54.5 Å². The Balaban J connectivity index is 1.38. The Morgan fingerprint density at radius 2 is 1.91 bits per heavy atom. The first-order valence-electron chi connectivity index (χ1n) is 14.9. The first-order chi connectivity index (χ1) is 20.2. The standard InChI is InChI=1S/C33H40FN7O2/c1-18(2)40-17-37-27-14-25(38-30(29(27)40)39-26-10-19(3)35-15-24(26)34)20-8-9-23-28(11-20)41(31(42)33(23,6)7)22-12-21(13-22)36-16-32(4,5)43/h8-11,14-15,17-18,21-22,36,43H,12-13,16H2,1-7H3,(H,35,38,39)/t21-,22+. The minimum absolute atomic E-state index is 0.0786. The maximum atomic E-state index is 14.8. The molecule has 0 spiro atoms. The summed E-state index contributed by atoms with van der Waals surface area (Å²) < 4.78 is 16.8. The zero-order valence-electron chi connectivity index (χ0n) is 25.9. The zero-order valence-corrected chi connectivity index (χ0v) is 25.9. The van der Waals surface area contributed by atoms with Gasteiger partial charge in [0.1, 0.15) is 5.52 Å². The number of nitrogens with one attached hydrogen (secondary N) is 2. The summed E-state index contributed by atoms with van der Waals surface area (Å²) in [6, 6.07) is 10.1. The summed E-state index contributed by atoms with van der Waals surface area (Å²) >= 11 is 0. The van der Waals surface area contributed by atoms with Crippen LogP contribution in [0.25, 0.3) is 22.3 Å². The smallest absolute Gasteiger partial charge is 0.237 e. The highest BCUT2D eigenvalue weighted by molar-refractivity contribution is 6.08. The molecule has 0 saturated heterocycles. The Morgan fingerprint density at radius 3 is 2.60 bits per heavy atom. The van der Waals surface area contributed by atoms with Crippen molar-refractivity contribution in [1.82, 2.24) is 24.8 Å².